The topological polar surface area (TPSA) is 80.7 Å². The van der Waals surface area contributed by atoms with Crippen LogP contribution in [0.15, 0.2) is 59.5 Å². The lowest BCUT2D eigenvalue weighted by molar-refractivity contribution is -0.118. The molecule has 0 aliphatic carbocycles. The Balaban J connectivity index is 1.85. The lowest BCUT2D eigenvalue weighted by Gasteiger charge is -2.21. The van der Waals surface area contributed by atoms with Gasteiger partial charge in [0.05, 0.1) is 5.69 Å². The first kappa shape index (κ1) is 17.8. The average Bonchev–Trinajstić information content (AvgIpc) is 2.61. The smallest absolute Gasteiger partial charge is 0.258 e. The Bertz CT molecular complexity index is 966. The first-order valence-corrected chi connectivity index (χ1v) is 8.55. The van der Waals surface area contributed by atoms with Crippen LogP contribution in [0.3, 0.4) is 0 Å². The molecule has 2 N–H and O–H groups in total. The molecule has 2 aromatic heterocycles. The molecule has 26 heavy (non-hydrogen) atoms. The van der Waals surface area contributed by atoms with Crippen molar-refractivity contribution in [2.75, 3.05) is 6.54 Å². The molecule has 0 bridgehead atoms. The number of aromatic nitrogens is 2. The van der Waals surface area contributed by atoms with Crippen molar-refractivity contribution in [2.24, 2.45) is 5.73 Å². The first-order chi connectivity index (χ1) is 12.5. The van der Waals surface area contributed by atoms with Gasteiger partial charge in [0.1, 0.15) is 5.65 Å². The number of carbonyl (C=O) groups excluding carboxylic acids is 1. The third kappa shape index (κ3) is 4.55. The van der Waals surface area contributed by atoms with Crippen LogP contribution in [0.2, 0.25) is 0 Å². The minimum absolute atomic E-state index is 0.108. The van der Waals surface area contributed by atoms with Crippen LogP contribution < -0.4 is 11.3 Å². The molecule has 0 radical (unpaired) electrons. The van der Waals surface area contributed by atoms with Crippen molar-refractivity contribution in [1.29, 1.82) is 0 Å². The number of hydrogen-bond donors (Lipinski definition) is 1. The van der Waals surface area contributed by atoms with E-state index >= 15 is 0 Å². The minimum Gasteiger partial charge on any atom is -0.370 e. The molecule has 1 amide bonds. The van der Waals surface area contributed by atoms with Gasteiger partial charge in [0, 0.05) is 38.3 Å². The number of rotatable bonds is 7. The van der Waals surface area contributed by atoms with Crippen LogP contribution in [0.5, 0.6) is 0 Å². The van der Waals surface area contributed by atoms with Crippen molar-refractivity contribution in [3.8, 4) is 0 Å². The Morgan fingerprint density at radius 1 is 1.15 bits per heavy atom. The van der Waals surface area contributed by atoms with E-state index in [2.05, 4.69) is 9.88 Å². The van der Waals surface area contributed by atoms with Gasteiger partial charge in [-0.15, -0.1) is 0 Å². The maximum atomic E-state index is 12.4. The Kier molecular flexibility index (Phi) is 5.43. The maximum absolute atomic E-state index is 12.4. The van der Waals surface area contributed by atoms with Crippen molar-refractivity contribution >= 4 is 11.6 Å². The van der Waals surface area contributed by atoms with E-state index in [0.717, 1.165) is 11.1 Å². The monoisotopic (exact) mass is 350 g/mol. The minimum atomic E-state index is -0.343. The molecular weight excluding hydrogens is 328 g/mol. The van der Waals surface area contributed by atoms with E-state index in [4.69, 9.17) is 5.73 Å². The molecule has 0 aliphatic rings. The summed E-state index contributed by atoms with van der Waals surface area (Å²) >= 11 is 0. The predicted octanol–water partition coefficient (Wildman–Crippen LogP) is 1.88. The summed E-state index contributed by atoms with van der Waals surface area (Å²) in [5.74, 6) is -0.343. The average molecular weight is 350 g/mol. The molecular formula is C20H22N4O2. The van der Waals surface area contributed by atoms with E-state index in [0.29, 0.717) is 31.0 Å². The number of benzene rings is 1. The number of aryl methyl sites for hydroxylation is 1. The van der Waals surface area contributed by atoms with Crippen molar-refractivity contribution in [3.63, 3.8) is 0 Å². The molecule has 0 saturated carbocycles. The Labute approximate surface area is 151 Å². The molecule has 2 heterocycles. The third-order valence-electron chi connectivity index (χ3n) is 4.17. The van der Waals surface area contributed by atoms with Gasteiger partial charge in [-0.3, -0.25) is 18.9 Å². The number of nitrogens with two attached hydrogens (primary N) is 1. The SMILES string of the molecule is Cc1ccc2nc(CN(CCC(N)=O)Cc3ccccc3)cc(=O)n2c1. The summed E-state index contributed by atoms with van der Waals surface area (Å²) in [6.45, 7) is 3.58. The normalized spacial score (nSPS) is 11.2. The number of pyridine rings is 1. The van der Waals surface area contributed by atoms with Gasteiger partial charge < -0.3 is 5.73 Å². The van der Waals surface area contributed by atoms with Crippen LogP contribution in [-0.2, 0) is 17.9 Å². The van der Waals surface area contributed by atoms with Crippen molar-refractivity contribution < 1.29 is 4.79 Å². The molecule has 134 valence electrons. The Hall–Kier alpha value is -2.99. The summed E-state index contributed by atoms with van der Waals surface area (Å²) in [7, 11) is 0. The van der Waals surface area contributed by atoms with Gasteiger partial charge in [-0.05, 0) is 24.1 Å². The number of hydrogen-bond acceptors (Lipinski definition) is 4. The number of primary amides is 1. The van der Waals surface area contributed by atoms with E-state index in [1.54, 1.807) is 16.7 Å². The molecule has 0 saturated heterocycles. The van der Waals surface area contributed by atoms with E-state index in [9.17, 15) is 9.59 Å². The number of amides is 1. The zero-order valence-corrected chi connectivity index (χ0v) is 14.8. The van der Waals surface area contributed by atoms with Crippen LogP contribution in [0, 0.1) is 6.92 Å². The quantitative estimate of drug-likeness (QED) is 0.705. The molecule has 0 spiro atoms. The van der Waals surface area contributed by atoms with Gasteiger partial charge in [0.25, 0.3) is 5.56 Å². The molecule has 0 unspecified atom stereocenters. The van der Waals surface area contributed by atoms with Crippen LogP contribution in [-0.4, -0.2) is 26.7 Å². The predicted molar refractivity (Wildman–Crippen MR) is 101 cm³/mol. The Morgan fingerprint density at radius 2 is 1.92 bits per heavy atom. The number of carbonyl (C=O) groups is 1. The van der Waals surface area contributed by atoms with Crippen molar-refractivity contribution in [3.05, 3.63) is 81.9 Å². The van der Waals surface area contributed by atoms with E-state index in [1.165, 1.54) is 0 Å². The van der Waals surface area contributed by atoms with Gasteiger partial charge in [-0.1, -0.05) is 36.4 Å². The fraction of sp³-hybridized carbons (Fsp3) is 0.250. The molecule has 3 rings (SSSR count). The highest BCUT2D eigenvalue weighted by Gasteiger charge is 2.11. The molecule has 6 heteroatoms. The highest BCUT2D eigenvalue weighted by atomic mass is 16.1. The molecule has 6 nitrogen and oxygen atoms in total. The highest BCUT2D eigenvalue weighted by Crippen LogP contribution is 2.10. The largest absolute Gasteiger partial charge is 0.370 e. The van der Waals surface area contributed by atoms with Crippen LogP contribution >= 0.6 is 0 Å². The highest BCUT2D eigenvalue weighted by molar-refractivity contribution is 5.73. The molecule has 0 fully saturated rings. The summed E-state index contributed by atoms with van der Waals surface area (Å²) < 4.78 is 1.55. The standard InChI is InChI=1S/C20H22N4O2/c1-15-7-8-19-22-17(11-20(26)24(19)12-15)14-23(10-9-18(21)25)13-16-5-3-2-4-6-16/h2-8,11-12H,9-10,13-14H2,1H3,(H2,21,25). The van der Waals surface area contributed by atoms with E-state index in [-0.39, 0.29) is 17.9 Å². The van der Waals surface area contributed by atoms with Crippen LogP contribution in [0.1, 0.15) is 23.2 Å². The summed E-state index contributed by atoms with van der Waals surface area (Å²) in [5, 5.41) is 0. The Morgan fingerprint density at radius 3 is 2.65 bits per heavy atom. The fourth-order valence-electron chi connectivity index (χ4n) is 2.89. The van der Waals surface area contributed by atoms with Crippen LogP contribution in [0.25, 0.3) is 5.65 Å². The number of nitrogens with zero attached hydrogens (tertiary/aromatic N) is 3. The summed E-state index contributed by atoms with van der Waals surface area (Å²) in [6.07, 6.45) is 2.04. The summed E-state index contributed by atoms with van der Waals surface area (Å²) in [6, 6.07) is 15.3. The van der Waals surface area contributed by atoms with Gasteiger partial charge in [0.2, 0.25) is 5.91 Å². The van der Waals surface area contributed by atoms with Gasteiger partial charge in [-0.25, -0.2) is 4.98 Å². The van der Waals surface area contributed by atoms with Crippen LogP contribution in [0.4, 0.5) is 0 Å². The van der Waals surface area contributed by atoms with E-state index in [1.807, 2.05) is 49.4 Å². The van der Waals surface area contributed by atoms with Gasteiger partial charge in [0.15, 0.2) is 0 Å². The second-order valence-corrected chi connectivity index (χ2v) is 6.43. The van der Waals surface area contributed by atoms with Crippen molar-refractivity contribution in [2.45, 2.75) is 26.4 Å². The second kappa shape index (κ2) is 7.93. The summed E-state index contributed by atoms with van der Waals surface area (Å²) in [4.78, 5) is 30.3. The second-order valence-electron chi connectivity index (χ2n) is 6.43. The zero-order valence-electron chi connectivity index (χ0n) is 14.8. The lowest BCUT2D eigenvalue weighted by atomic mass is 10.2. The zero-order chi connectivity index (χ0) is 18.5. The van der Waals surface area contributed by atoms with Crippen molar-refractivity contribution in [1.82, 2.24) is 14.3 Å². The van der Waals surface area contributed by atoms with Gasteiger partial charge >= 0.3 is 0 Å². The summed E-state index contributed by atoms with van der Waals surface area (Å²) in [5.41, 5.74) is 8.63. The molecule has 0 atom stereocenters. The fourth-order valence-corrected chi connectivity index (χ4v) is 2.89. The van der Waals surface area contributed by atoms with Gasteiger partial charge in [-0.2, -0.15) is 0 Å². The number of fused-ring (bicyclic) bond motifs is 1. The third-order valence-corrected chi connectivity index (χ3v) is 4.17. The first-order valence-electron chi connectivity index (χ1n) is 8.55. The molecule has 1 aromatic carbocycles. The lowest BCUT2D eigenvalue weighted by Crippen LogP contribution is -2.29. The van der Waals surface area contributed by atoms with E-state index < -0.39 is 0 Å². The molecule has 3 aromatic rings. The molecule has 0 aliphatic heterocycles. The maximum Gasteiger partial charge on any atom is 0.258 e.